The van der Waals surface area contributed by atoms with Crippen molar-refractivity contribution in [3.8, 4) is 0 Å². The Labute approximate surface area is 86.1 Å². The van der Waals surface area contributed by atoms with Crippen LogP contribution in [0.3, 0.4) is 0 Å². The fraction of sp³-hybridized carbons (Fsp3) is 0.909. The third kappa shape index (κ3) is 2.98. The zero-order chi connectivity index (χ0) is 10.8. The molecule has 82 valence electrons. The number of rotatable bonds is 5. The highest BCUT2D eigenvalue weighted by Gasteiger charge is 2.38. The van der Waals surface area contributed by atoms with E-state index in [2.05, 4.69) is 25.7 Å². The van der Waals surface area contributed by atoms with Crippen LogP contribution in [0.2, 0.25) is 0 Å². The number of carbonyl (C=O) groups is 1. The summed E-state index contributed by atoms with van der Waals surface area (Å²) >= 11 is 0. The van der Waals surface area contributed by atoms with E-state index in [-0.39, 0.29) is 6.04 Å². The highest BCUT2D eigenvalue weighted by molar-refractivity contribution is 5.67. The maximum atomic E-state index is 10.7. The molecule has 1 heterocycles. The molecule has 0 aromatic heterocycles. The topological polar surface area (TPSA) is 40.5 Å². The van der Waals surface area contributed by atoms with E-state index in [1.54, 1.807) is 0 Å². The summed E-state index contributed by atoms with van der Waals surface area (Å²) in [5.74, 6) is -0.673. The lowest BCUT2D eigenvalue weighted by Crippen LogP contribution is -2.57. The first kappa shape index (κ1) is 11.5. The number of carboxylic acids is 1. The molecule has 1 N–H and O–H groups in total. The van der Waals surface area contributed by atoms with Crippen LogP contribution < -0.4 is 0 Å². The van der Waals surface area contributed by atoms with Crippen LogP contribution in [0.5, 0.6) is 0 Å². The lowest BCUT2D eigenvalue weighted by molar-refractivity contribution is -0.140. The average Bonchev–Trinajstić information content (AvgIpc) is 1.98. The zero-order valence-corrected chi connectivity index (χ0v) is 9.42. The van der Waals surface area contributed by atoms with Crippen molar-refractivity contribution in [3.63, 3.8) is 0 Å². The summed E-state index contributed by atoms with van der Waals surface area (Å²) in [6.45, 7) is 8.66. The first-order valence-electron chi connectivity index (χ1n) is 5.40. The Balaban J connectivity index is 2.40. The van der Waals surface area contributed by atoms with Gasteiger partial charge in [0, 0.05) is 19.1 Å². The smallest absolute Gasteiger partial charge is 0.304 e. The molecule has 0 bridgehead atoms. The molecule has 1 unspecified atom stereocenters. The second-order valence-corrected chi connectivity index (χ2v) is 5.11. The summed E-state index contributed by atoms with van der Waals surface area (Å²) in [6, 6.07) is 0.255. The van der Waals surface area contributed by atoms with Gasteiger partial charge in [0.25, 0.3) is 0 Å². The van der Waals surface area contributed by atoms with Crippen LogP contribution in [-0.2, 0) is 4.79 Å². The summed E-state index contributed by atoms with van der Waals surface area (Å²) in [5.41, 5.74) is 0.393. The van der Waals surface area contributed by atoms with Crippen LogP contribution in [0.15, 0.2) is 0 Å². The molecule has 1 saturated heterocycles. The molecule has 0 aromatic carbocycles. The van der Waals surface area contributed by atoms with Crippen molar-refractivity contribution < 1.29 is 9.90 Å². The molecule has 0 saturated carbocycles. The van der Waals surface area contributed by atoms with Crippen molar-refractivity contribution in [3.05, 3.63) is 0 Å². The number of nitrogens with zero attached hydrogens (tertiary/aromatic N) is 1. The van der Waals surface area contributed by atoms with Gasteiger partial charge >= 0.3 is 5.97 Å². The van der Waals surface area contributed by atoms with E-state index in [0.717, 1.165) is 25.9 Å². The van der Waals surface area contributed by atoms with Gasteiger partial charge in [-0.25, -0.2) is 0 Å². The molecule has 0 aliphatic carbocycles. The van der Waals surface area contributed by atoms with Crippen LogP contribution in [0.4, 0.5) is 0 Å². The minimum absolute atomic E-state index is 0.255. The van der Waals surface area contributed by atoms with Gasteiger partial charge in [0.15, 0.2) is 0 Å². The third-order valence-electron chi connectivity index (χ3n) is 2.81. The lowest BCUT2D eigenvalue weighted by atomic mass is 9.82. The number of carboxylic acid groups (broad SMARTS) is 1. The Morgan fingerprint density at radius 2 is 2.07 bits per heavy atom. The van der Waals surface area contributed by atoms with Crippen LogP contribution in [0, 0.1) is 5.41 Å². The van der Waals surface area contributed by atoms with Crippen LogP contribution in [0.1, 0.15) is 40.0 Å². The molecule has 0 amide bonds. The van der Waals surface area contributed by atoms with E-state index in [0.29, 0.717) is 11.8 Å². The van der Waals surface area contributed by atoms with Crippen molar-refractivity contribution in [2.45, 2.75) is 46.1 Å². The third-order valence-corrected chi connectivity index (χ3v) is 2.81. The van der Waals surface area contributed by atoms with Gasteiger partial charge in [-0.2, -0.15) is 0 Å². The van der Waals surface area contributed by atoms with Crippen LogP contribution in [-0.4, -0.2) is 35.1 Å². The van der Waals surface area contributed by atoms with Crippen molar-refractivity contribution in [2.75, 3.05) is 13.1 Å². The Hall–Kier alpha value is -0.570. The van der Waals surface area contributed by atoms with Gasteiger partial charge in [-0.15, -0.1) is 0 Å². The molecule has 14 heavy (non-hydrogen) atoms. The number of likely N-dealkylation sites (tertiary alicyclic amines) is 1. The predicted octanol–water partition coefficient (Wildman–Crippen LogP) is 1.97. The minimum atomic E-state index is -0.673. The Bertz CT molecular complexity index is 205. The molecule has 0 aromatic rings. The van der Waals surface area contributed by atoms with Gasteiger partial charge in [-0.3, -0.25) is 9.69 Å². The molecule has 1 aliphatic heterocycles. The van der Waals surface area contributed by atoms with E-state index in [4.69, 9.17) is 5.11 Å². The Kier molecular flexibility index (Phi) is 3.53. The van der Waals surface area contributed by atoms with Crippen molar-refractivity contribution in [1.82, 2.24) is 4.90 Å². The first-order chi connectivity index (χ1) is 6.44. The monoisotopic (exact) mass is 199 g/mol. The average molecular weight is 199 g/mol. The van der Waals surface area contributed by atoms with E-state index < -0.39 is 5.97 Å². The minimum Gasteiger partial charge on any atom is -0.481 e. The van der Waals surface area contributed by atoms with Crippen LogP contribution in [0.25, 0.3) is 0 Å². The summed E-state index contributed by atoms with van der Waals surface area (Å²) < 4.78 is 0. The molecule has 1 atom stereocenters. The molecule has 3 nitrogen and oxygen atoms in total. The van der Waals surface area contributed by atoms with E-state index in [1.807, 2.05) is 0 Å². The lowest BCUT2D eigenvalue weighted by Gasteiger charge is -2.49. The SMILES string of the molecule is CCCC(CC(=O)O)N1CC(C)(C)C1. The molecule has 0 radical (unpaired) electrons. The predicted molar refractivity (Wildman–Crippen MR) is 56.3 cm³/mol. The Morgan fingerprint density at radius 1 is 1.50 bits per heavy atom. The van der Waals surface area contributed by atoms with Gasteiger partial charge in [0.2, 0.25) is 0 Å². The van der Waals surface area contributed by atoms with Gasteiger partial charge in [-0.05, 0) is 11.8 Å². The standard InChI is InChI=1S/C11H21NO2/c1-4-5-9(6-10(13)14)12-7-11(2,3)8-12/h9H,4-8H2,1-3H3,(H,13,14). The van der Waals surface area contributed by atoms with E-state index in [9.17, 15) is 4.79 Å². The molecule has 0 spiro atoms. The molecule has 1 aliphatic rings. The van der Waals surface area contributed by atoms with Crippen molar-refractivity contribution >= 4 is 5.97 Å². The second-order valence-electron chi connectivity index (χ2n) is 5.11. The van der Waals surface area contributed by atoms with Gasteiger partial charge in [-0.1, -0.05) is 27.2 Å². The first-order valence-corrected chi connectivity index (χ1v) is 5.40. The Morgan fingerprint density at radius 3 is 2.43 bits per heavy atom. The second kappa shape index (κ2) is 4.30. The van der Waals surface area contributed by atoms with E-state index >= 15 is 0 Å². The summed E-state index contributed by atoms with van der Waals surface area (Å²) in [5, 5.41) is 8.78. The van der Waals surface area contributed by atoms with Crippen LogP contribution >= 0.6 is 0 Å². The quantitative estimate of drug-likeness (QED) is 0.736. The fourth-order valence-corrected chi connectivity index (χ4v) is 2.26. The van der Waals surface area contributed by atoms with Crippen molar-refractivity contribution in [1.29, 1.82) is 0 Å². The zero-order valence-electron chi connectivity index (χ0n) is 9.42. The fourth-order valence-electron chi connectivity index (χ4n) is 2.26. The summed E-state index contributed by atoms with van der Waals surface area (Å²) in [6.07, 6.45) is 2.36. The number of hydrogen-bond acceptors (Lipinski definition) is 2. The van der Waals surface area contributed by atoms with Gasteiger partial charge in [0.05, 0.1) is 6.42 Å². The normalized spacial score (nSPS) is 22.8. The van der Waals surface area contributed by atoms with E-state index in [1.165, 1.54) is 0 Å². The molecular weight excluding hydrogens is 178 g/mol. The van der Waals surface area contributed by atoms with Gasteiger partial charge < -0.3 is 5.11 Å². The maximum Gasteiger partial charge on any atom is 0.304 e. The molecule has 1 fully saturated rings. The van der Waals surface area contributed by atoms with Gasteiger partial charge in [0.1, 0.15) is 0 Å². The summed E-state index contributed by atoms with van der Waals surface area (Å²) in [4.78, 5) is 13.0. The largest absolute Gasteiger partial charge is 0.481 e. The molecule has 3 heteroatoms. The number of aliphatic carboxylic acids is 1. The van der Waals surface area contributed by atoms with Crippen molar-refractivity contribution in [2.24, 2.45) is 5.41 Å². The molecule has 1 rings (SSSR count). The molecular formula is C11H21NO2. The highest BCUT2D eigenvalue weighted by atomic mass is 16.4. The maximum absolute atomic E-state index is 10.7. The summed E-state index contributed by atoms with van der Waals surface area (Å²) in [7, 11) is 0. The number of hydrogen-bond donors (Lipinski definition) is 1. The highest BCUT2D eigenvalue weighted by Crippen LogP contribution is 2.32.